The number of rotatable bonds is 6. The first-order valence-electron chi connectivity index (χ1n) is 9.30. The smallest absolute Gasteiger partial charge is 0.256 e. The van der Waals surface area contributed by atoms with Gasteiger partial charge >= 0.3 is 0 Å². The molecule has 0 aliphatic rings. The van der Waals surface area contributed by atoms with Crippen LogP contribution in [-0.4, -0.2) is 30.9 Å². The Bertz CT molecular complexity index is 1250. The number of hydrogen-bond acceptors (Lipinski definition) is 6. The molecule has 3 aromatic rings. The minimum Gasteiger partial charge on any atom is -0.381 e. The zero-order chi connectivity index (χ0) is 23.0. The maximum absolute atomic E-state index is 13.2. The van der Waals surface area contributed by atoms with E-state index in [1.165, 1.54) is 38.1 Å². The molecular weight excluding hydrogens is 436 g/mol. The summed E-state index contributed by atoms with van der Waals surface area (Å²) in [6.07, 6.45) is 0. The number of nitrogens with two attached hydrogens (primary N) is 1. The number of carbonyl (C=O) groups excluding carboxylic acids is 2. The van der Waals surface area contributed by atoms with Crippen LogP contribution < -0.4 is 11.1 Å². The molecule has 3 rings (SSSR count). The highest BCUT2D eigenvalue weighted by Gasteiger charge is 2.29. The highest BCUT2D eigenvalue weighted by Crippen LogP contribution is 2.41. The van der Waals surface area contributed by atoms with Crippen molar-refractivity contribution < 1.29 is 23.1 Å². The van der Waals surface area contributed by atoms with E-state index in [-0.39, 0.29) is 19.7 Å². The van der Waals surface area contributed by atoms with Gasteiger partial charge in [-0.25, -0.2) is 8.42 Å². The van der Waals surface area contributed by atoms with Crippen LogP contribution in [0.15, 0.2) is 63.7 Å². The van der Waals surface area contributed by atoms with Crippen molar-refractivity contribution >= 4 is 38.0 Å². The first-order chi connectivity index (χ1) is 14.4. The van der Waals surface area contributed by atoms with Crippen LogP contribution >= 0.6 is 11.3 Å². The molecule has 162 valence electrons. The summed E-state index contributed by atoms with van der Waals surface area (Å²) < 4.78 is 26.4. The standard InChI is InChI=1S/C22H22N2O5S2/c1-13-8-10-14(11-9-13)31(28,29)18-12-17(15-6-4-5-7-16(15)19(23)25)20(30-18)24-21(26)22(2,3)27/h4-12,27H,1-3H3,(H2,23,25)(H,24,26). The maximum Gasteiger partial charge on any atom is 0.256 e. The van der Waals surface area contributed by atoms with Gasteiger partial charge in [-0.3, -0.25) is 9.59 Å². The number of primary amides is 1. The van der Waals surface area contributed by atoms with E-state index in [4.69, 9.17) is 5.73 Å². The van der Waals surface area contributed by atoms with Crippen LogP contribution in [0.25, 0.3) is 11.1 Å². The third kappa shape index (κ3) is 4.68. The molecule has 0 fully saturated rings. The van der Waals surface area contributed by atoms with Crippen molar-refractivity contribution in [2.24, 2.45) is 5.73 Å². The van der Waals surface area contributed by atoms with Crippen molar-refractivity contribution in [2.45, 2.75) is 35.5 Å². The minimum absolute atomic E-state index is 0.0170. The molecule has 4 N–H and O–H groups in total. The lowest BCUT2D eigenvalue weighted by molar-refractivity contribution is -0.130. The van der Waals surface area contributed by atoms with Crippen molar-refractivity contribution in [3.63, 3.8) is 0 Å². The Kier molecular flexibility index (Phi) is 6.04. The Morgan fingerprint density at radius 2 is 1.65 bits per heavy atom. The van der Waals surface area contributed by atoms with E-state index >= 15 is 0 Å². The average Bonchev–Trinajstić information content (AvgIpc) is 3.12. The monoisotopic (exact) mass is 458 g/mol. The van der Waals surface area contributed by atoms with E-state index in [0.29, 0.717) is 11.1 Å². The van der Waals surface area contributed by atoms with Gasteiger partial charge < -0.3 is 16.2 Å². The summed E-state index contributed by atoms with van der Waals surface area (Å²) in [5.41, 5.74) is 5.59. The molecule has 9 heteroatoms. The molecule has 0 saturated heterocycles. The molecule has 0 aliphatic heterocycles. The molecule has 1 heterocycles. The van der Waals surface area contributed by atoms with Crippen LogP contribution in [0.4, 0.5) is 5.00 Å². The molecule has 0 saturated carbocycles. The normalized spacial score (nSPS) is 11.9. The zero-order valence-corrected chi connectivity index (χ0v) is 18.8. The molecule has 2 amide bonds. The Labute approximate surface area is 184 Å². The predicted molar refractivity (Wildman–Crippen MR) is 120 cm³/mol. The quantitative estimate of drug-likeness (QED) is 0.522. The van der Waals surface area contributed by atoms with Crippen LogP contribution in [0.5, 0.6) is 0 Å². The second kappa shape index (κ2) is 8.26. The number of aryl methyl sites for hydroxylation is 1. The van der Waals surface area contributed by atoms with Crippen LogP contribution in [0.3, 0.4) is 0 Å². The van der Waals surface area contributed by atoms with E-state index in [2.05, 4.69) is 5.32 Å². The number of sulfone groups is 1. The predicted octanol–water partition coefficient (Wildman–Crippen LogP) is 3.36. The maximum atomic E-state index is 13.2. The SMILES string of the molecule is Cc1ccc(S(=O)(=O)c2cc(-c3ccccc3C(N)=O)c(NC(=O)C(C)(C)O)s2)cc1. The number of amides is 2. The topological polar surface area (TPSA) is 127 Å². The molecule has 0 atom stereocenters. The molecule has 0 unspecified atom stereocenters. The third-order valence-corrected chi connectivity index (χ3v) is 7.86. The van der Waals surface area contributed by atoms with Gasteiger partial charge in [0.2, 0.25) is 15.7 Å². The van der Waals surface area contributed by atoms with Crippen LogP contribution in [0.1, 0.15) is 29.8 Å². The number of carbonyl (C=O) groups is 2. The highest BCUT2D eigenvalue weighted by atomic mass is 32.2. The van der Waals surface area contributed by atoms with Gasteiger partial charge in [0.25, 0.3) is 5.91 Å². The molecule has 0 spiro atoms. The molecule has 2 aromatic carbocycles. The second-order valence-corrected chi connectivity index (χ2v) is 10.8. The van der Waals surface area contributed by atoms with Gasteiger partial charge in [-0.1, -0.05) is 35.9 Å². The average molecular weight is 459 g/mol. The lowest BCUT2D eigenvalue weighted by Crippen LogP contribution is -2.36. The molecule has 0 radical (unpaired) electrons. The number of aliphatic hydroxyl groups is 1. The fourth-order valence-corrected chi connectivity index (χ4v) is 5.59. The van der Waals surface area contributed by atoms with Gasteiger partial charge in [0.1, 0.15) is 14.8 Å². The number of thiophene rings is 1. The summed E-state index contributed by atoms with van der Waals surface area (Å²) >= 11 is 0.842. The van der Waals surface area contributed by atoms with E-state index in [1.54, 1.807) is 30.3 Å². The molecule has 0 aliphatic carbocycles. The molecule has 31 heavy (non-hydrogen) atoms. The summed E-state index contributed by atoms with van der Waals surface area (Å²) in [4.78, 5) is 24.4. The fourth-order valence-electron chi connectivity index (χ4n) is 2.82. The Balaban J connectivity index is 2.20. The Morgan fingerprint density at radius 1 is 1.03 bits per heavy atom. The van der Waals surface area contributed by atoms with Crippen molar-refractivity contribution in [3.05, 3.63) is 65.7 Å². The van der Waals surface area contributed by atoms with Gasteiger partial charge in [-0.2, -0.15) is 0 Å². The number of nitrogens with one attached hydrogen (secondary N) is 1. The first-order valence-corrected chi connectivity index (χ1v) is 11.6. The highest BCUT2D eigenvalue weighted by molar-refractivity contribution is 7.93. The van der Waals surface area contributed by atoms with Gasteiger partial charge in [-0.15, -0.1) is 11.3 Å². The van der Waals surface area contributed by atoms with E-state index in [0.717, 1.165) is 16.9 Å². The van der Waals surface area contributed by atoms with Gasteiger partial charge in [0.05, 0.1) is 4.90 Å². The van der Waals surface area contributed by atoms with Gasteiger partial charge in [0, 0.05) is 11.1 Å². The summed E-state index contributed by atoms with van der Waals surface area (Å²) in [7, 11) is -3.88. The Morgan fingerprint density at radius 3 is 2.23 bits per heavy atom. The Hall–Kier alpha value is -3.01. The van der Waals surface area contributed by atoms with Gasteiger partial charge in [-0.05, 0) is 50.6 Å². The van der Waals surface area contributed by atoms with Crippen molar-refractivity contribution in [2.75, 3.05) is 5.32 Å². The first kappa shape index (κ1) is 22.7. The lowest BCUT2D eigenvalue weighted by atomic mass is 10.0. The number of anilines is 1. The minimum atomic E-state index is -3.88. The second-order valence-electron chi connectivity index (χ2n) is 7.55. The summed E-state index contributed by atoms with van der Waals surface area (Å²) in [5, 5.41) is 12.8. The fraction of sp³-hybridized carbons (Fsp3) is 0.182. The zero-order valence-electron chi connectivity index (χ0n) is 17.2. The summed E-state index contributed by atoms with van der Waals surface area (Å²) in [6.45, 7) is 4.48. The van der Waals surface area contributed by atoms with E-state index in [1.807, 2.05) is 6.92 Å². The number of benzene rings is 2. The molecule has 7 nitrogen and oxygen atoms in total. The summed E-state index contributed by atoms with van der Waals surface area (Å²) in [5.74, 6) is -1.41. The summed E-state index contributed by atoms with van der Waals surface area (Å²) in [6, 6.07) is 14.3. The largest absolute Gasteiger partial charge is 0.381 e. The van der Waals surface area contributed by atoms with E-state index in [9.17, 15) is 23.1 Å². The molecular formula is C22H22N2O5S2. The van der Waals surface area contributed by atoms with Crippen LogP contribution in [-0.2, 0) is 14.6 Å². The van der Waals surface area contributed by atoms with Crippen LogP contribution in [0.2, 0.25) is 0 Å². The lowest BCUT2D eigenvalue weighted by Gasteiger charge is -2.17. The van der Waals surface area contributed by atoms with Crippen LogP contribution in [0, 0.1) is 6.92 Å². The molecule has 0 bridgehead atoms. The van der Waals surface area contributed by atoms with Crippen molar-refractivity contribution in [3.8, 4) is 11.1 Å². The van der Waals surface area contributed by atoms with Crippen molar-refractivity contribution in [1.29, 1.82) is 0 Å². The molecule has 1 aromatic heterocycles. The number of hydrogen-bond donors (Lipinski definition) is 3. The van der Waals surface area contributed by atoms with Crippen molar-refractivity contribution in [1.82, 2.24) is 0 Å². The third-order valence-electron chi connectivity index (χ3n) is 4.57. The van der Waals surface area contributed by atoms with E-state index < -0.39 is 27.3 Å². The van der Waals surface area contributed by atoms with Gasteiger partial charge in [0.15, 0.2) is 0 Å².